The Hall–Kier alpha value is -0.820. The van der Waals surface area contributed by atoms with Crippen LogP contribution in [-0.2, 0) is 4.74 Å². The summed E-state index contributed by atoms with van der Waals surface area (Å²) in [5.41, 5.74) is 8.07. The first-order chi connectivity index (χ1) is 9.48. The standard InChI is InChI=1S/C16H25N3O.HI/c1-12(2)13-6-4-7-14(10-13)19-15(17)18-11-16(3)8-5-9-20-16;/h4,6-7,10,12H,5,8-9,11H2,1-3H3,(H3,17,18,19);1H. The van der Waals surface area contributed by atoms with E-state index in [1.807, 2.05) is 12.1 Å². The normalized spacial score (nSPS) is 22.2. The quantitative estimate of drug-likeness (QED) is 0.458. The van der Waals surface area contributed by atoms with Gasteiger partial charge in [0.15, 0.2) is 5.96 Å². The summed E-state index contributed by atoms with van der Waals surface area (Å²) in [6.07, 6.45) is 2.16. The second kappa shape index (κ2) is 7.98. The number of hydrogen-bond donors (Lipinski definition) is 2. The molecular weight excluding hydrogens is 377 g/mol. The Morgan fingerprint density at radius 2 is 2.24 bits per heavy atom. The molecule has 1 unspecified atom stereocenters. The van der Waals surface area contributed by atoms with Crippen LogP contribution in [0.1, 0.15) is 45.1 Å². The van der Waals surface area contributed by atoms with Crippen molar-refractivity contribution in [2.24, 2.45) is 10.7 Å². The molecule has 1 aromatic rings. The van der Waals surface area contributed by atoms with Crippen LogP contribution in [0.25, 0.3) is 0 Å². The first kappa shape index (κ1) is 18.2. The van der Waals surface area contributed by atoms with Gasteiger partial charge in [0, 0.05) is 12.3 Å². The number of anilines is 1. The van der Waals surface area contributed by atoms with Crippen LogP contribution in [-0.4, -0.2) is 24.7 Å². The van der Waals surface area contributed by atoms with E-state index < -0.39 is 0 Å². The molecule has 4 nitrogen and oxygen atoms in total. The average Bonchev–Trinajstić information content (AvgIpc) is 2.84. The zero-order valence-electron chi connectivity index (χ0n) is 13.1. The molecule has 0 aromatic heterocycles. The number of nitrogens with zero attached hydrogens (tertiary/aromatic N) is 1. The van der Waals surface area contributed by atoms with Gasteiger partial charge in [-0.1, -0.05) is 26.0 Å². The van der Waals surface area contributed by atoms with Gasteiger partial charge in [0.2, 0.25) is 0 Å². The smallest absolute Gasteiger partial charge is 0.193 e. The Morgan fingerprint density at radius 3 is 2.86 bits per heavy atom. The van der Waals surface area contributed by atoms with E-state index in [0.29, 0.717) is 18.4 Å². The molecule has 1 atom stereocenters. The molecule has 1 fully saturated rings. The molecule has 3 N–H and O–H groups in total. The van der Waals surface area contributed by atoms with Crippen LogP contribution >= 0.6 is 24.0 Å². The minimum Gasteiger partial charge on any atom is -0.373 e. The number of benzene rings is 1. The Bertz CT molecular complexity index is 482. The van der Waals surface area contributed by atoms with E-state index in [2.05, 4.69) is 43.2 Å². The number of nitrogens with two attached hydrogens (primary N) is 1. The highest BCUT2D eigenvalue weighted by atomic mass is 127. The molecule has 0 bridgehead atoms. The first-order valence-corrected chi connectivity index (χ1v) is 7.29. The van der Waals surface area contributed by atoms with Gasteiger partial charge < -0.3 is 15.8 Å². The van der Waals surface area contributed by atoms with E-state index in [9.17, 15) is 0 Å². The SMILES string of the molecule is CC(C)c1cccc(NC(N)=NCC2(C)CCCO2)c1.I. The van der Waals surface area contributed by atoms with Crippen molar-refractivity contribution in [1.82, 2.24) is 0 Å². The third-order valence-corrected chi connectivity index (χ3v) is 3.71. The summed E-state index contributed by atoms with van der Waals surface area (Å²) >= 11 is 0. The molecule has 1 aliphatic rings. The summed E-state index contributed by atoms with van der Waals surface area (Å²) in [7, 11) is 0. The molecule has 0 aliphatic carbocycles. The van der Waals surface area contributed by atoms with Crippen LogP contribution in [0.4, 0.5) is 5.69 Å². The van der Waals surface area contributed by atoms with E-state index >= 15 is 0 Å². The maximum atomic E-state index is 5.95. The summed E-state index contributed by atoms with van der Waals surface area (Å²) in [6, 6.07) is 8.27. The number of ether oxygens (including phenoxy) is 1. The fourth-order valence-corrected chi connectivity index (χ4v) is 2.38. The van der Waals surface area contributed by atoms with Crippen molar-refractivity contribution in [3.63, 3.8) is 0 Å². The molecule has 1 aliphatic heterocycles. The third kappa shape index (κ3) is 5.47. The molecule has 118 valence electrons. The lowest BCUT2D eigenvalue weighted by molar-refractivity contribution is 0.0284. The molecule has 21 heavy (non-hydrogen) atoms. The van der Waals surface area contributed by atoms with Gasteiger partial charge >= 0.3 is 0 Å². The molecule has 0 radical (unpaired) electrons. The number of guanidine groups is 1. The second-order valence-electron chi connectivity index (χ2n) is 6.01. The molecule has 1 heterocycles. The largest absolute Gasteiger partial charge is 0.373 e. The maximum absolute atomic E-state index is 5.95. The van der Waals surface area contributed by atoms with Crippen molar-refractivity contribution in [2.45, 2.75) is 45.1 Å². The molecule has 2 rings (SSSR count). The lowest BCUT2D eigenvalue weighted by Crippen LogP contribution is -2.30. The zero-order chi connectivity index (χ0) is 14.6. The van der Waals surface area contributed by atoms with Crippen LogP contribution in [0, 0.1) is 0 Å². The van der Waals surface area contributed by atoms with Crippen LogP contribution in [0.3, 0.4) is 0 Å². The first-order valence-electron chi connectivity index (χ1n) is 7.29. The third-order valence-electron chi connectivity index (χ3n) is 3.71. The zero-order valence-corrected chi connectivity index (χ0v) is 15.4. The van der Waals surface area contributed by atoms with Crippen molar-refractivity contribution in [3.8, 4) is 0 Å². The van der Waals surface area contributed by atoms with Gasteiger partial charge in [0.25, 0.3) is 0 Å². The number of halogens is 1. The van der Waals surface area contributed by atoms with Crippen LogP contribution in [0.5, 0.6) is 0 Å². The Kier molecular flexibility index (Phi) is 6.93. The number of hydrogen-bond acceptors (Lipinski definition) is 2. The fraction of sp³-hybridized carbons (Fsp3) is 0.562. The summed E-state index contributed by atoms with van der Waals surface area (Å²) in [5, 5.41) is 3.15. The Balaban J connectivity index is 0.00000220. The Labute approximate surface area is 144 Å². The molecule has 0 spiro atoms. The molecule has 5 heteroatoms. The predicted octanol–water partition coefficient (Wildman–Crippen LogP) is 3.72. The summed E-state index contributed by atoms with van der Waals surface area (Å²) in [5.74, 6) is 0.948. The van der Waals surface area contributed by atoms with E-state index in [0.717, 1.165) is 25.1 Å². The van der Waals surface area contributed by atoms with Crippen molar-refractivity contribution in [3.05, 3.63) is 29.8 Å². The van der Waals surface area contributed by atoms with E-state index in [1.165, 1.54) is 5.56 Å². The monoisotopic (exact) mass is 403 g/mol. The molecular formula is C16H26IN3O. The fourth-order valence-electron chi connectivity index (χ4n) is 2.38. The number of rotatable bonds is 4. The van der Waals surface area contributed by atoms with Gasteiger partial charge in [-0.2, -0.15) is 0 Å². The highest BCUT2D eigenvalue weighted by Crippen LogP contribution is 2.25. The van der Waals surface area contributed by atoms with E-state index in [4.69, 9.17) is 10.5 Å². The maximum Gasteiger partial charge on any atom is 0.193 e. The second-order valence-corrected chi connectivity index (χ2v) is 6.01. The number of nitrogens with one attached hydrogen (secondary N) is 1. The van der Waals surface area contributed by atoms with Crippen molar-refractivity contribution in [2.75, 3.05) is 18.5 Å². The van der Waals surface area contributed by atoms with Gasteiger partial charge in [-0.15, -0.1) is 24.0 Å². The van der Waals surface area contributed by atoms with Gasteiger partial charge in [-0.25, -0.2) is 0 Å². The average molecular weight is 403 g/mol. The molecule has 1 aromatic carbocycles. The highest BCUT2D eigenvalue weighted by molar-refractivity contribution is 14.0. The van der Waals surface area contributed by atoms with E-state index in [-0.39, 0.29) is 29.6 Å². The summed E-state index contributed by atoms with van der Waals surface area (Å²) in [4.78, 5) is 4.41. The van der Waals surface area contributed by atoms with Crippen LogP contribution in [0.2, 0.25) is 0 Å². The Morgan fingerprint density at radius 1 is 1.48 bits per heavy atom. The summed E-state index contributed by atoms with van der Waals surface area (Å²) in [6.45, 7) is 7.88. The van der Waals surface area contributed by atoms with Gasteiger partial charge in [0.05, 0.1) is 12.1 Å². The molecule has 0 saturated carbocycles. The minimum absolute atomic E-state index is 0. The van der Waals surface area contributed by atoms with E-state index in [1.54, 1.807) is 0 Å². The topological polar surface area (TPSA) is 59.6 Å². The minimum atomic E-state index is -0.147. The van der Waals surface area contributed by atoms with Crippen molar-refractivity contribution in [1.29, 1.82) is 0 Å². The lowest BCUT2D eigenvalue weighted by atomic mass is 10.0. The molecule has 0 amide bonds. The van der Waals surface area contributed by atoms with Crippen LogP contribution in [0.15, 0.2) is 29.3 Å². The number of aliphatic imine (C=N–C) groups is 1. The molecule has 1 saturated heterocycles. The lowest BCUT2D eigenvalue weighted by Gasteiger charge is -2.20. The van der Waals surface area contributed by atoms with Crippen molar-refractivity contribution < 1.29 is 4.74 Å². The predicted molar refractivity (Wildman–Crippen MR) is 99.6 cm³/mol. The van der Waals surface area contributed by atoms with Gasteiger partial charge in [-0.05, 0) is 43.4 Å². The van der Waals surface area contributed by atoms with Gasteiger partial charge in [0.1, 0.15) is 0 Å². The summed E-state index contributed by atoms with van der Waals surface area (Å²) < 4.78 is 5.70. The van der Waals surface area contributed by atoms with Crippen LogP contribution < -0.4 is 11.1 Å². The highest BCUT2D eigenvalue weighted by Gasteiger charge is 2.29. The van der Waals surface area contributed by atoms with Gasteiger partial charge in [-0.3, -0.25) is 4.99 Å². The van der Waals surface area contributed by atoms with Crippen molar-refractivity contribution >= 4 is 35.6 Å².